The SMILES string of the molecule is CCNC(=O)[C@H]1O[C@@H](n2cnc3c(NCC(c4ccccc4)c4ccccc4)nc(C(=O)NCCNC(=O)NCCN(C(C)C)C(C)C)nc32)[C@@H](O)[C@@H]1O. The molecule has 16 heteroatoms. The maximum Gasteiger partial charge on any atom is 0.314 e. The summed E-state index contributed by atoms with van der Waals surface area (Å²) in [6.45, 7) is 12.3. The summed E-state index contributed by atoms with van der Waals surface area (Å²) in [7, 11) is 0. The van der Waals surface area contributed by atoms with Crippen LogP contribution in [0.2, 0.25) is 0 Å². The van der Waals surface area contributed by atoms with Crippen LogP contribution in [-0.2, 0) is 9.53 Å². The van der Waals surface area contributed by atoms with E-state index in [1.807, 2.05) is 60.7 Å². The quantitative estimate of drug-likeness (QED) is 0.0778. The van der Waals surface area contributed by atoms with Gasteiger partial charge in [0.15, 0.2) is 29.3 Å². The molecule has 1 aliphatic rings. The number of hydrogen-bond acceptors (Lipinski definition) is 11. The summed E-state index contributed by atoms with van der Waals surface area (Å²) >= 11 is 0. The zero-order valence-corrected chi connectivity index (χ0v) is 31.4. The number of ether oxygens (including phenoxy) is 1. The minimum absolute atomic E-state index is 0.0920. The molecule has 4 atom stereocenters. The minimum Gasteiger partial charge on any atom is -0.387 e. The van der Waals surface area contributed by atoms with E-state index in [1.165, 1.54) is 10.9 Å². The number of carbonyl (C=O) groups is 3. The van der Waals surface area contributed by atoms with Gasteiger partial charge >= 0.3 is 6.03 Å². The molecule has 0 aliphatic carbocycles. The molecular weight excluding hydrogens is 692 g/mol. The molecule has 0 bridgehead atoms. The highest BCUT2D eigenvalue weighted by molar-refractivity contribution is 5.94. The summed E-state index contributed by atoms with van der Waals surface area (Å²) < 4.78 is 7.23. The Morgan fingerprint density at radius 1 is 0.833 bits per heavy atom. The zero-order chi connectivity index (χ0) is 38.8. The lowest BCUT2D eigenvalue weighted by Gasteiger charge is -2.30. The van der Waals surface area contributed by atoms with Crippen molar-refractivity contribution in [3.8, 4) is 0 Å². The Morgan fingerprint density at radius 3 is 2.06 bits per heavy atom. The molecule has 4 amide bonds. The van der Waals surface area contributed by atoms with Gasteiger partial charge in [0.05, 0.1) is 6.33 Å². The molecule has 4 aromatic rings. The van der Waals surface area contributed by atoms with E-state index in [9.17, 15) is 24.6 Å². The van der Waals surface area contributed by atoms with Crippen LogP contribution >= 0.6 is 0 Å². The van der Waals surface area contributed by atoms with E-state index in [2.05, 4.69) is 74.1 Å². The molecule has 0 saturated carbocycles. The Balaban J connectivity index is 1.35. The summed E-state index contributed by atoms with van der Waals surface area (Å²) in [6.07, 6.45) is -4.24. The first-order chi connectivity index (χ1) is 26.0. The van der Waals surface area contributed by atoms with Crippen LogP contribution in [0.4, 0.5) is 10.6 Å². The van der Waals surface area contributed by atoms with Gasteiger partial charge in [0, 0.05) is 57.3 Å². The highest BCUT2D eigenvalue weighted by atomic mass is 16.6. The van der Waals surface area contributed by atoms with Gasteiger partial charge in [-0.2, -0.15) is 0 Å². The lowest BCUT2D eigenvalue weighted by atomic mass is 9.91. The Kier molecular flexibility index (Phi) is 13.9. The maximum absolute atomic E-state index is 13.5. The normalized spacial score (nSPS) is 18.4. The molecule has 2 aromatic carbocycles. The van der Waals surface area contributed by atoms with E-state index >= 15 is 0 Å². The van der Waals surface area contributed by atoms with E-state index in [-0.39, 0.29) is 47.8 Å². The van der Waals surface area contributed by atoms with Gasteiger partial charge in [0.25, 0.3) is 11.8 Å². The van der Waals surface area contributed by atoms with E-state index in [0.717, 1.165) is 11.1 Å². The number of aromatic nitrogens is 4. The standard InChI is InChI=1S/C38H52N10O6/c1-6-39-35(51)31-29(49)30(50)37(54-31)48-22-44-28-32(43-21-27(25-13-9-7-10-14-25)26-15-11-8-12-16-26)45-33(46-34(28)48)36(52)40-17-18-41-38(53)42-19-20-47(23(2)3)24(4)5/h7-16,22-24,27,29-31,37,49-50H,6,17-21H2,1-5H3,(H,39,51)(H,40,52)(H2,41,42,53)(H,43,45,46)/t29-,30-,31-,37+/m0/s1. The van der Waals surface area contributed by atoms with Crippen LogP contribution in [-0.4, -0.2) is 122 Å². The van der Waals surface area contributed by atoms with Crippen LogP contribution in [0.3, 0.4) is 0 Å². The molecule has 7 N–H and O–H groups in total. The van der Waals surface area contributed by atoms with Crippen LogP contribution in [0.15, 0.2) is 67.0 Å². The number of carbonyl (C=O) groups excluding carboxylic acids is 3. The monoisotopic (exact) mass is 744 g/mol. The lowest BCUT2D eigenvalue weighted by molar-refractivity contribution is -0.137. The van der Waals surface area contributed by atoms with Gasteiger partial charge in [-0.15, -0.1) is 0 Å². The van der Waals surface area contributed by atoms with E-state index in [0.29, 0.717) is 38.3 Å². The van der Waals surface area contributed by atoms with Crippen molar-refractivity contribution < 1.29 is 29.3 Å². The Bertz CT molecular complexity index is 1790. The van der Waals surface area contributed by atoms with Gasteiger partial charge < -0.3 is 41.5 Å². The number of likely N-dealkylation sites (N-methyl/N-ethyl adjacent to an activating group) is 1. The van der Waals surface area contributed by atoms with Crippen LogP contribution in [0, 0.1) is 0 Å². The number of amides is 4. The fourth-order valence-electron chi connectivity index (χ4n) is 6.61. The summed E-state index contributed by atoms with van der Waals surface area (Å²) in [4.78, 5) is 54.4. The number of nitrogens with one attached hydrogen (secondary N) is 5. The molecular formula is C38H52N10O6. The molecule has 1 fully saturated rings. The fourth-order valence-corrected chi connectivity index (χ4v) is 6.61. The molecule has 5 rings (SSSR count). The Hall–Kier alpha value is -5.16. The van der Waals surface area contributed by atoms with Crippen molar-refractivity contribution in [1.29, 1.82) is 0 Å². The van der Waals surface area contributed by atoms with Gasteiger partial charge in [0.1, 0.15) is 12.2 Å². The van der Waals surface area contributed by atoms with Crippen LogP contribution in [0.5, 0.6) is 0 Å². The molecule has 16 nitrogen and oxygen atoms in total. The van der Waals surface area contributed by atoms with Crippen molar-refractivity contribution in [3.63, 3.8) is 0 Å². The molecule has 1 aliphatic heterocycles. The number of anilines is 1. The fraction of sp³-hybridized carbons (Fsp3) is 0.474. The van der Waals surface area contributed by atoms with E-state index < -0.39 is 36.4 Å². The van der Waals surface area contributed by atoms with Gasteiger partial charge in [-0.25, -0.2) is 19.7 Å². The topological polar surface area (TPSA) is 208 Å². The third kappa shape index (κ3) is 9.68. The molecule has 1 saturated heterocycles. The summed E-state index contributed by atoms with van der Waals surface area (Å²) in [5.74, 6) is -1.24. The number of rotatable bonds is 17. The number of nitrogens with zero attached hydrogens (tertiary/aromatic N) is 5. The number of aliphatic hydroxyl groups is 2. The summed E-state index contributed by atoms with van der Waals surface area (Å²) in [6, 6.07) is 20.3. The van der Waals surface area contributed by atoms with Gasteiger partial charge in [0.2, 0.25) is 5.82 Å². The second kappa shape index (κ2) is 18.7. The van der Waals surface area contributed by atoms with Crippen molar-refractivity contribution >= 4 is 34.8 Å². The molecule has 290 valence electrons. The van der Waals surface area contributed by atoms with E-state index in [1.54, 1.807) is 6.92 Å². The highest BCUT2D eigenvalue weighted by Gasteiger charge is 2.47. The molecule has 0 spiro atoms. The molecule has 2 aromatic heterocycles. The Labute approximate surface area is 315 Å². The number of aliphatic hydroxyl groups excluding tert-OH is 2. The third-order valence-corrected chi connectivity index (χ3v) is 9.30. The predicted octanol–water partition coefficient (Wildman–Crippen LogP) is 1.97. The number of fused-ring (bicyclic) bond motifs is 1. The van der Waals surface area contributed by atoms with Crippen molar-refractivity contribution in [1.82, 2.24) is 45.7 Å². The molecule has 0 radical (unpaired) electrons. The predicted molar refractivity (Wildman–Crippen MR) is 204 cm³/mol. The van der Waals surface area contributed by atoms with E-state index in [4.69, 9.17) is 4.74 Å². The number of benzene rings is 2. The molecule has 0 unspecified atom stereocenters. The highest BCUT2D eigenvalue weighted by Crippen LogP contribution is 2.33. The Morgan fingerprint density at radius 2 is 1.44 bits per heavy atom. The van der Waals surface area contributed by atoms with Crippen molar-refractivity contribution in [2.24, 2.45) is 0 Å². The lowest BCUT2D eigenvalue weighted by Crippen LogP contribution is -2.45. The van der Waals surface area contributed by atoms with Gasteiger partial charge in [-0.3, -0.25) is 19.1 Å². The summed E-state index contributed by atoms with van der Waals surface area (Å²) in [5.41, 5.74) is 2.54. The van der Waals surface area contributed by atoms with Crippen molar-refractivity contribution in [2.45, 2.75) is 77.2 Å². The van der Waals surface area contributed by atoms with Crippen LogP contribution in [0.1, 0.15) is 68.5 Å². The second-order valence-electron chi connectivity index (χ2n) is 13.7. The molecule has 3 heterocycles. The zero-order valence-electron chi connectivity index (χ0n) is 31.4. The second-order valence-corrected chi connectivity index (χ2v) is 13.7. The van der Waals surface area contributed by atoms with Crippen LogP contribution in [0.25, 0.3) is 11.2 Å². The van der Waals surface area contributed by atoms with Crippen molar-refractivity contribution in [2.75, 3.05) is 44.6 Å². The first kappa shape index (κ1) is 40.0. The number of urea groups is 1. The third-order valence-electron chi connectivity index (χ3n) is 9.30. The smallest absolute Gasteiger partial charge is 0.314 e. The molecule has 54 heavy (non-hydrogen) atoms. The maximum atomic E-state index is 13.5. The van der Waals surface area contributed by atoms with Crippen LogP contribution < -0.4 is 26.6 Å². The number of hydrogen-bond donors (Lipinski definition) is 7. The first-order valence-electron chi connectivity index (χ1n) is 18.4. The first-order valence-corrected chi connectivity index (χ1v) is 18.4. The summed E-state index contributed by atoms with van der Waals surface area (Å²) in [5, 5.41) is 36.0. The largest absolute Gasteiger partial charge is 0.387 e. The van der Waals surface area contributed by atoms with Crippen molar-refractivity contribution in [3.05, 3.63) is 83.9 Å². The average molecular weight is 745 g/mol. The minimum atomic E-state index is -1.52. The van der Waals surface area contributed by atoms with Gasteiger partial charge in [-0.05, 0) is 45.7 Å². The average Bonchev–Trinajstić information content (AvgIpc) is 3.72. The number of imidazole rings is 1. The van der Waals surface area contributed by atoms with Gasteiger partial charge in [-0.1, -0.05) is 60.7 Å².